The quantitative estimate of drug-likeness (QED) is 0.234. The van der Waals surface area contributed by atoms with E-state index in [1.165, 1.54) is 23.6 Å². The van der Waals surface area contributed by atoms with Gasteiger partial charge in [-0.2, -0.15) is 8.78 Å². The fourth-order valence-corrected chi connectivity index (χ4v) is 6.98. The number of carbonyl (C=O) groups excluding carboxylic acids is 2. The summed E-state index contributed by atoms with van der Waals surface area (Å²) in [5.74, 6) is -3.10. The van der Waals surface area contributed by atoms with Gasteiger partial charge in [0.25, 0.3) is 11.5 Å². The van der Waals surface area contributed by atoms with Crippen molar-refractivity contribution in [3.8, 4) is 11.4 Å². The number of hydrogen-bond acceptors (Lipinski definition) is 7. The van der Waals surface area contributed by atoms with Gasteiger partial charge in [0.05, 0.1) is 35.1 Å². The number of nitrogens with zero attached hydrogens (tertiary/aromatic N) is 2. The Morgan fingerprint density at radius 1 is 1.29 bits per heavy atom. The highest BCUT2D eigenvalue weighted by Gasteiger charge is 2.52. The van der Waals surface area contributed by atoms with Crippen molar-refractivity contribution in [1.29, 1.82) is 0 Å². The average molecular weight is 593 g/mol. The van der Waals surface area contributed by atoms with Gasteiger partial charge in [-0.05, 0) is 48.9 Å². The van der Waals surface area contributed by atoms with E-state index in [9.17, 15) is 41.9 Å². The lowest BCUT2D eigenvalue weighted by Crippen LogP contribution is -2.45. The predicted molar refractivity (Wildman–Crippen MR) is 135 cm³/mol. The number of ether oxygens (including phenoxy) is 1. The predicted octanol–water partition coefficient (Wildman–Crippen LogP) is 3.01. The van der Waals surface area contributed by atoms with E-state index in [2.05, 4.69) is 10.3 Å². The SMILES string of the molecule is CC[C@@]1(OP(=O)(O)O)C(=O)OCc2c1cc1n(c2=O)Cc2c-1nc1cc(F)c(C)c3c1c2[C@@H](NC(=O)C(F)F)CC3. The first kappa shape index (κ1) is 27.6. The second-order valence-corrected chi connectivity index (χ2v) is 11.4. The molecular formula is C26H23F3N3O8P. The number of pyridine rings is 2. The van der Waals surface area contributed by atoms with Crippen molar-refractivity contribution < 1.29 is 46.4 Å². The second-order valence-electron chi connectivity index (χ2n) is 10.3. The van der Waals surface area contributed by atoms with E-state index >= 15 is 0 Å². The van der Waals surface area contributed by atoms with Crippen LogP contribution in [0.1, 0.15) is 59.2 Å². The smallest absolute Gasteiger partial charge is 0.458 e. The minimum absolute atomic E-state index is 0.0558. The van der Waals surface area contributed by atoms with Crippen LogP contribution in [0.3, 0.4) is 0 Å². The van der Waals surface area contributed by atoms with Crippen LogP contribution in [-0.4, -0.2) is 37.6 Å². The summed E-state index contributed by atoms with van der Waals surface area (Å²) in [5, 5.41) is 2.87. The van der Waals surface area contributed by atoms with E-state index < -0.39 is 55.8 Å². The Bertz CT molecular complexity index is 1800. The topological polar surface area (TPSA) is 157 Å². The molecule has 0 spiro atoms. The Hall–Kier alpha value is -3.58. The molecule has 0 unspecified atom stereocenters. The van der Waals surface area contributed by atoms with E-state index in [0.717, 1.165) is 0 Å². The number of aryl methyl sites for hydroxylation is 1. The van der Waals surface area contributed by atoms with Crippen molar-refractivity contribution in [2.24, 2.45) is 0 Å². The molecule has 1 amide bonds. The highest BCUT2D eigenvalue weighted by atomic mass is 31.2. The van der Waals surface area contributed by atoms with Crippen molar-refractivity contribution in [3.63, 3.8) is 0 Å². The van der Waals surface area contributed by atoms with Gasteiger partial charge in [0, 0.05) is 22.6 Å². The van der Waals surface area contributed by atoms with Gasteiger partial charge >= 0.3 is 20.2 Å². The lowest BCUT2D eigenvalue weighted by Gasteiger charge is -2.35. The van der Waals surface area contributed by atoms with E-state index in [-0.39, 0.29) is 47.4 Å². The number of rotatable bonds is 5. The molecule has 41 heavy (non-hydrogen) atoms. The number of aromatic nitrogens is 2. The number of fused-ring (bicyclic) bond motifs is 5. The lowest BCUT2D eigenvalue weighted by atomic mass is 9.81. The van der Waals surface area contributed by atoms with Crippen molar-refractivity contribution in [2.75, 3.05) is 0 Å². The van der Waals surface area contributed by atoms with Crippen molar-refractivity contribution in [1.82, 2.24) is 14.9 Å². The minimum Gasteiger partial charge on any atom is -0.458 e. The number of benzene rings is 1. The van der Waals surface area contributed by atoms with Gasteiger partial charge in [0.1, 0.15) is 12.4 Å². The molecule has 6 rings (SSSR count). The van der Waals surface area contributed by atoms with Crippen molar-refractivity contribution in [2.45, 2.75) is 64.3 Å². The van der Waals surface area contributed by atoms with Gasteiger partial charge in [-0.15, -0.1) is 0 Å². The zero-order chi connectivity index (χ0) is 29.6. The number of hydrogen-bond donors (Lipinski definition) is 3. The number of amides is 1. The number of halogens is 3. The maximum Gasteiger partial charge on any atom is 0.471 e. The summed E-state index contributed by atoms with van der Waals surface area (Å²) in [4.78, 5) is 62.5. The Morgan fingerprint density at radius 2 is 2.02 bits per heavy atom. The number of esters is 1. The molecule has 0 saturated heterocycles. The van der Waals surface area contributed by atoms with E-state index in [0.29, 0.717) is 34.1 Å². The summed E-state index contributed by atoms with van der Waals surface area (Å²) in [5.41, 5.74) is -0.724. The standard InChI is InChI=1S/C26H23F3N3O8P/c1-3-26(40-41(36,37)38)14-6-18-21-12(8-32(18)24(34)13(14)9-39-25(26)35)20-16(31-23(33)22(28)29)5-4-11-10(2)15(27)7-17(30-21)19(11)20/h6-7,16,22H,3-5,8-9H2,1-2H3,(H,31,33)(H2,36,37,38)/t16-,26-/m0/s1. The first-order chi connectivity index (χ1) is 19.3. The van der Waals surface area contributed by atoms with E-state index in [4.69, 9.17) is 9.26 Å². The Labute approximate surface area is 229 Å². The van der Waals surface area contributed by atoms with E-state index in [1.54, 1.807) is 6.92 Å². The molecule has 4 heterocycles. The first-order valence-electron chi connectivity index (χ1n) is 12.7. The maximum absolute atomic E-state index is 14.9. The Morgan fingerprint density at radius 3 is 2.68 bits per heavy atom. The van der Waals surface area contributed by atoms with Crippen LogP contribution in [-0.2, 0) is 48.6 Å². The van der Waals surface area contributed by atoms with Crippen LogP contribution in [0.15, 0.2) is 16.9 Å². The molecule has 15 heteroatoms. The number of phosphoric ester groups is 1. The molecule has 3 N–H and O–H groups in total. The van der Waals surface area contributed by atoms with Crippen molar-refractivity contribution >= 4 is 30.6 Å². The Balaban J connectivity index is 1.64. The molecule has 216 valence electrons. The molecule has 2 aromatic heterocycles. The highest BCUT2D eigenvalue weighted by Crippen LogP contribution is 2.51. The molecule has 0 fully saturated rings. The molecule has 2 atom stereocenters. The second kappa shape index (κ2) is 9.21. The van der Waals surface area contributed by atoms with Crippen LogP contribution in [0.4, 0.5) is 13.2 Å². The summed E-state index contributed by atoms with van der Waals surface area (Å²) in [6.07, 6.45) is -3.07. The molecular weight excluding hydrogens is 570 g/mol. The van der Waals surface area contributed by atoms with Crippen LogP contribution < -0.4 is 10.9 Å². The molecule has 1 aromatic carbocycles. The zero-order valence-electron chi connectivity index (χ0n) is 21.7. The number of nitrogens with one attached hydrogen (secondary N) is 1. The van der Waals surface area contributed by atoms with E-state index in [1.807, 2.05) is 0 Å². The van der Waals surface area contributed by atoms with Crippen LogP contribution >= 0.6 is 7.82 Å². The summed E-state index contributed by atoms with van der Waals surface area (Å²) < 4.78 is 64.7. The van der Waals surface area contributed by atoms with Crippen LogP contribution in [0, 0.1) is 12.7 Å². The monoisotopic (exact) mass is 593 g/mol. The van der Waals surface area contributed by atoms with Crippen molar-refractivity contribution in [3.05, 3.63) is 61.7 Å². The molecule has 3 aliphatic rings. The fraction of sp³-hybridized carbons (Fsp3) is 0.385. The van der Waals surface area contributed by atoms with Gasteiger partial charge in [0.2, 0.25) is 5.60 Å². The van der Waals surface area contributed by atoms with Gasteiger partial charge in [-0.3, -0.25) is 14.1 Å². The Kier molecular flexibility index (Phi) is 6.20. The molecule has 0 bridgehead atoms. The number of carbonyl (C=O) groups is 2. The normalized spacial score (nSPS) is 21.0. The molecule has 0 radical (unpaired) electrons. The van der Waals surface area contributed by atoms with Crippen LogP contribution in [0.5, 0.6) is 0 Å². The third-order valence-electron chi connectivity index (χ3n) is 8.14. The first-order valence-corrected chi connectivity index (χ1v) is 14.2. The molecule has 1 aliphatic carbocycles. The number of cyclic esters (lactones) is 1. The number of phosphoric acid groups is 1. The van der Waals surface area contributed by atoms with Crippen LogP contribution in [0.2, 0.25) is 0 Å². The summed E-state index contributed by atoms with van der Waals surface area (Å²) >= 11 is 0. The molecule has 2 aliphatic heterocycles. The minimum atomic E-state index is -5.26. The maximum atomic E-state index is 14.9. The summed E-state index contributed by atoms with van der Waals surface area (Å²) in [7, 11) is -5.26. The zero-order valence-corrected chi connectivity index (χ0v) is 22.6. The lowest BCUT2D eigenvalue weighted by molar-refractivity contribution is -0.170. The highest BCUT2D eigenvalue weighted by molar-refractivity contribution is 7.46. The van der Waals surface area contributed by atoms with Gasteiger partial charge in [-0.1, -0.05) is 6.92 Å². The van der Waals surface area contributed by atoms with Gasteiger partial charge < -0.3 is 24.4 Å². The summed E-state index contributed by atoms with van der Waals surface area (Å²) in [6.45, 7) is 2.47. The third kappa shape index (κ3) is 4.03. The molecule has 3 aromatic rings. The molecule has 0 saturated carbocycles. The number of alkyl halides is 2. The average Bonchev–Trinajstić information content (AvgIpc) is 3.27. The van der Waals surface area contributed by atoms with Crippen LogP contribution in [0.25, 0.3) is 22.3 Å². The summed E-state index contributed by atoms with van der Waals surface area (Å²) in [6, 6.07) is 1.68. The van der Waals surface area contributed by atoms with Gasteiger partial charge in [0.15, 0.2) is 0 Å². The third-order valence-corrected chi connectivity index (χ3v) is 8.68. The largest absolute Gasteiger partial charge is 0.471 e. The fourth-order valence-electron chi connectivity index (χ4n) is 6.28. The molecule has 11 nitrogen and oxygen atoms in total. The van der Waals surface area contributed by atoms with Gasteiger partial charge in [-0.25, -0.2) is 18.7 Å².